The van der Waals surface area contributed by atoms with Crippen LogP contribution in [0.5, 0.6) is 0 Å². The number of hydrogen-bond acceptors (Lipinski definition) is 6. The third kappa shape index (κ3) is 10.1. The Labute approximate surface area is 224 Å². The van der Waals surface area contributed by atoms with Gasteiger partial charge in [-0.25, -0.2) is 5.43 Å². The monoisotopic (exact) mass is 525 g/mol. The number of aliphatic carboxylic acids is 1. The fourth-order valence-corrected chi connectivity index (χ4v) is 4.86. The molecule has 2 atom stereocenters. The van der Waals surface area contributed by atoms with Crippen LogP contribution in [0.15, 0.2) is 41.5 Å². The van der Waals surface area contributed by atoms with Crippen molar-refractivity contribution in [2.45, 2.75) is 102 Å². The molecular weight excluding hydrogens is 486 g/mol. The zero-order valence-electron chi connectivity index (χ0n) is 22.0. The van der Waals surface area contributed by atoms with E-state index in [0.717, 1.165) is 36.8 Å². The molecule has 1 aliphatic carbocycles. The number of allylic oxidation sites excluding steroid dienone is 2. The summed E-state index contributed by atoms with van der Waals surface area (Å²) >= 11 is 0. The Morgan fingerprint density at radius 3 is 2.47 bits per heavy atom. The van der Waals surface area contributed by atoms with Crippen molar-refractivity contribution in [3.63, 3.8) is 0 Å². The third-order valence-corrected chi connectivity index (χ3v) is 6.91. The van der Waals surface area contributed by atoms with Crippen LogP contribution in [0.25, 0.3) is 0 Å². The summed E-state index contributed by atoms with van der Waals surface area (Å²) in [5.41, 5.74) is 4.28. The number of unbranched alkanes of at least 4 members (excludes halogenated alkanes) is 2. The molecule has 9 nitrogen and oxygen atoms in total. The summed E-state index contributed by atoms with van der Waals surface area (Å²) in [6.07, 6.45) is 13.2. The maximum absolute atomic E-state index is 13.2. The summed E-state index contributed by atoms with van der Waals surface area (Å²) in [4.78, 5) is 49.9. The summed E-state index contributed by atoms with van der Waals surface area (Å²) in [7, 11) is 0. The first-order chi connectivity index (χ1) is 18.4. The average molecular weight is 526 g/mol. The van der Waals surface area contributed by atoms with E-state index in [2.05, 4.69) is 10.5 Å². The molecule has 0 aromatic heterocycles. The van der Waals surface area contributed by atoms with Crippen LogP contribution >= 0.6 is 0 Å². The second kappa shape index (κ2) is 15.7. The molecule has 2 N–H and O–H groups in total. The van der Waals surface area contributed by atoms with Crippen LogP contribution in [0, 0.1) is 0 Å². The number of amides is 2. The maximum atomic E-state index is 13.2. The van der Waals surface area contributed by atoms with Crippen LogP contribution in [0.3, 0.4) is 0 Å². The lowest BCUT2D eigenvalue weighted by atomic mass is 9.90. The van der Waals surface area contributed by atoms with Gasteiger partial charge in [0.15, 0.2) is 0 Å². The van der Waals surface area contributed by atoms with Crippen molar-refractivity contribution < 1.29 is 29.0 Å². The molecule has 1 saturated carbocycles. The lowest BCUT2D eigenvalue weighted by Crippen LogP contribution is -2.49. The van der Waals surface area contributed by atoms with Crippen LogP contribution < -0.4 is 5.43 Å². The number of benzene rings is 1. The van der Waals surface area contributed by atoms with E-state index in [9.17, 15) is 19.2 Å². The fraction of sp³-hybridized carbons (Fsp3) is 0.552. The van der Waals surface area contributed by atoms with Crippen LogP contribution in [0.1, 0.15) is 94.6 Å². The number of carbonyl (C=O) groups is 4. The number of esters is 1. The van der Waals surface area contributed by atoms with Crippen LogP contribution in [0.2, 0.25) is 0 Å². The van der Waals surface area contributed by atoms with Crippen molar-refractivity contribution in [3.05, 3.63) is 47.5 Å². The number of ether oxygens (including phenoxy) is 1. The lowest BCUT2D eigenvalue weighted by Gasteiger charge is -2.39. The van der Waals surface area contributed by atoms with Gasteiger partial charge in [-0.1, -0.05) is 49.3 Å². The van der Waals surface area contributed by atoms with E-state index in [-0.39, 0.29) is 36.4 Å². The lowest BCUT2D eigenvalue weighted by molar-refractivity contribution is -0.159. The van der Waals surface area contributed by atoms with Gasteiger partial charge in [0.25, 0.3) is 0 Å². The van der Waals surface area contributed by atoms with E-state index >= 15 is 0 Å². The van der Waals surface area contributed by atoms with Gasteiger partial charge in [0.2, 0.25) is 11.8 Å². The first-order valence-corrected chi connectivity index (χ1v) is 13.7. The number of carbonyl (C=O) groups excluding carboxylic acids is 3. The Morgan fingerprint density at radius 2 is 1.71 bits per heavy atom. The minimum absolute atomic E-state index is 0.0690. The Kier molecular flexibility index (Phi) is 12.0. The molecule has 0 unspecified atom stereocenters. The molecule has 9 heteroatoms. The Bertz CT molecular complexity index is 1000. The summed E-state index contributed by atoms with van der Waals surface area (Å²) < 4.78 is 5.83. The maximum Gasteiger partial charge on any atom is 0.306 e. The van der Waals surface area contributed by atoms with E-state index in [4.69, 9.17) is 9.84 Å². The van der Waals surface area contributed by atoms with Crippen molar-refractivity contribution in [3.8, 4) is 0 Å². The SMILES string of the molecule is O=C(O)CCCCCC(=O)N/N=C/c1ccc(CN2C(=O)CC/C=C/CCC(=O)O[C@@H]3CCCC[C@H]32)cc1. The third-order valence-electron chi connectivity index (χ3n) is 6.91. The summed E-state index contributed by atoms with van der Waals surface area (Å²) in [5.74, 6) is -1.16. The number of carboxylic acids is 1. The number of hydrogen-bond donors (Lipinski definition) is 2. The molecule has 0 radical (unpaired) electrons. The van der Waals surface area contributed by atoms with Crippen molar-refractivity contribution in [2.75, 3.05) is 0 Å². The largest absolute Gasteiger partial charge is 0.481 e. The molecule has 2 amide bonds. The Balaban J connectivity index is 1.57. The van der Waals surface area contributed by atoms with Gasteiger partial charge in [0.1, 0.15) is 6.10 Å². The van der Waals surface area contributed by atoms with Crippen molar-refractivity contribution >= 4 is 30.0 Å². The van der Waals surface area contributed by atoms with Crippen molar-refractivity contribution in [1.82, 2.24) is 10.3 Å². The Morgan fingerprint density at radius 1 is 1.00 bits per heavy atom. The molecule has 1 fully saturated rings. The molecule has 1 aromatic rings. The van der Waals surface area contributed by atoms with Crippen LogP contribution in [0.4, 0.5) is 0 Å². The number of nitrogens with one attached hydrogen (secondary N) is 1. The van der Waals surface area contributed by atoms with Crippen LogP contribution in [-0.4, -0.2) is 52.1 Å². The van der Waals surface area contributed by atoms with Gasteiger partial charge in [-0.05, 0) is 56.1 Å². The van der Waals surface area contributed by atoms with Crippen molar-refractivity contribution in [2.24, 2.45) is 5.10 Å². The molecule has 0 spiro atoms. The molecule has 1 aromatic carbocycles. The second-order valence-electron chi connectivity index (χ2n) is 9.94. The second-order valence-corrected chi connectivity index (χ2v) is 9.94. The molecule has 1 heterocycles. The van der Waals surface area contributed by atoms with Gasteiger partial charge >= 0.3 is 11.9 Å². The van der Waals surface area contributed by atoms with Gasteiger partial charge in [-0.15, -0.1) is 0 Å². The van der Waals surface area contributed by atoms with E-state index in [0.29, 0.717) is 57.9 Å². The highest BCUT2D eigenvalue weighted by Crippen LogP contribution is 2.28. The number of carboxylic acid groups (broad SMARTS) is 1. The van der Waals surface area contributed by atoms with E-state index in [1.165, 1.54) is 0 Å². The zero-order valence-corrected chi connectivity index (χ0v) is 22.0. The molecule has 206 valence electrons. The molecule has 0 saturated heterocycles. The minimum atomic E-state index is -0.823. The Hall–Kier alpha value is -3.49. The van der Waals surface area contributed by atoms with E-state index < -0.39 is 5.97 Å². The predicted molar refractivity (Wildman–Crippen MR) is 143 cm³/mol. The van der Waals surface area contributed by atoms with Gasteiger partial charge in [-0.3, -0.25) is 19.2 Å². The standard InChI is InChI=1S/C29H39N3O6/c33-26(12-4-3-6-14-28(35)36)31-30-20-22-16-18-23(19-17-22)21-32-24-10-8-9-11-25(24)38-29(37)15-7-2-1-5-13-27(32)34/h1-2,16-20,24-25H,3-15,21H2,(H,31,33)(H,35,36)/b2-1+,30-20+/t24-,25-/m1/s1. The van der Waals surface area contributed by atoms with Crippen LogP contribution in [-0.2, 0) is 30.5 Å². The van der Waals surface area contributed by atoms with E-state index in [1.807, 2.05) is 41.3 Å². The van der Waals surface area contributed by atoms with Gasteiger partial charge in [-0.2, -0.15) is 5.10 Å². The molecule has 38 heavy (non-hydrogen) atoms. The number of fused-ring (bicyclic) bond motifs is 1. The predicted octanol–water partition coefficient (Wildman–Crippen LogP) is 4.49. The summed E-state index contributed by atoms with van der Waals surface area (Å²) in [5, 5.41) is 12.6. The normalized spacial score (nSPS) is 21.6. The zero-order chi connectivity index (χ0) is 27.2. The highest BCUT2D eigenvalue weighted by atomic mass is 16.5. The fourth-order valence-electron chi connectivity index (χ4n) is 4.86. The van der Waals surface area contributed by atoms with Crippen molar-refractivity contribution in [1.29, 1.82) is 0 Å². The minimum Gasteiger partial charge on any atom is -0.481 e. The average Bonchev–Trinajstić information content (AvgIpc) is 2.89. The smallest absolute Gasteiger partial charge is 0.306 e. The molecule has 0 bridgehead atoms. The molecular formula is C29H39N3O6. The highest BCUT2D eigenvalue weighted by molar-refractivity contribution is 5.82. The van der Waals surface area contributed by atoms with Gasteiger partial charge in [0, 0.05) is 32.2 Å². The number of nitrogens with zero attached hydrogens (tertiary/aromatic N) is 2. The number of hydrazone groups is 1. The first kappa shape index (κ1) is 29.1. The molecule has 2 aliphatic rings. The van der Waals surface area contributed by atoms with Gasteiger partial charge in [0.05, 0.1) is 12.3 Å². The highest BCUT2D eigenvalue weighted by Gasteiger charge is 2.35. The first-order valence-electron chi connectivity index (χ1n) is 13.7. The summed E-state index contributed by atoms with van der Waals surface area (Å²) in [6.45, 7) is 0.442. The van der Waals surface area contributed by atoms with Gasteiger partial charge < -0.3 is 14.7 Å². The summed E-state index contributed by atoms with van der Waals surface area (Å²) in [6, 6.07) is 7.54. The molecule has 1 aliphatic heterocycles. The quantitative estimate of drug-likeness (QED) is 0.152. The number of rotatable bonds is 10. The topological polar surface area (TPSA) is 125 Å². The molecule has 3 rings (SSSR count). The van der Waals surface area contributed by atoms with E-state index in [1.54, 1.807) is 6.21 Å².